The fourth-order valence-electron chi connectivity index (χ4n) is 1.60. The Labute approximate surface area is 112 Å². The zero-order valence-electron chi connectivity index (χ0n) is 10.7. The number of halogens is 1. The Kier molecular flexibility index (Phi) is 4.78. The lowest BCUT2D eigenvalue weighted by Crippen LogP contribution is -2.35. The van der Waals surface area contributed by atoms with Crippen molar-refractivity contribution in [2.45, 2.75) is 13.8 Å². The second kappa shape index (κ2) is 5.91. The van der Waals surface area contributed by atoms with Gasteiger partial charge in [-0.15, -0.1) is 0 Å². The first-order valence-electron chi connectivity index (χ1n) is 5.64. The highest BCUT2D eigenvalue weighted by molar-refractivity contribution is 7.80. The van der Waals surface area contributed by atoms with Gasteiger partial charge in [0.1, 0.15) is 5.82 Å². The summed E-state index contributed by atoms with van der Waals surface area (Å²) in [5.41, 5.74) is 6.03. The monoisotopic (exact) mass is 268 g/mol. The molecule has 3 nitrogen and oxygen atoms in total. The summed E-state index contributed by atoms with van der Waals surface area (Å²) < 4.78 is 13.8. The molecule has 1 unspecified atom stereocenters. The summed E-state index contributed by atoms with van der Waals surface area (Å²) in [6, 6.07) is 4.77. The summed E-state index contributed by atoms with van der Waals surface area (Å²) in [6.45, 7) is 3.84. The predicted octanol–water partition coefficient (Wildman–Crippen LogP) is 2.13. The molecule has 5 heteroatoms. The van der Waals surface area contributed by atoms with Crippen LogP contribution in [0.3, 0.4) is 0 Å². The van der Waals surface area contributed by atoms with Gasteiger partial charge >= 0.3 is 0 Å². The first kappa shape index (κ1) is 14.6. The Morgan fingerprint density at radius 3 is 2.72 bits per heavy atom. The number of nitrogens with zero attached hydrogens (tertiary/aromatic N) is 1. The van der Waals surface area contributed by atoms with Gasteiger partial charge in [0.25, 0.3) is 5.91 Å². The summed E-state index contributed by atoms with van der Waals surface area (Å²) in [5.74, 6) is -0.932. The van der Waals surface area contributed by atoms with E-state index >= 15 is 0 Å². The van der Waals surface area contributed by atoms with Crippen LogP contribution in [0.5, 0.6) is 0 Å². The predicted molar refractivity (Wildman–Crippen MR) is 74.0 cm³/mol. The normalized spacial score (nSPS) is 12.0. The number of amides is 1. The third kappa shape index (κ3) is 3.26. The number of hydrogen-bond acceptors (Lipinski definition) is 2. The zero-order chi connectivity index (χ0) is 13.9. The minimum atomic E-state index is -0.475. The van der Waals surface area contributed by atoms with E-state index in [2.05, 4.69) is 0 Å². The van der Waals surface area contributed by atoms with Crippen LogP contribution in [0.4, 0.5) is 4.39 Å². The molecule has 0 radical (unpaired) electrons. The Morgan fingerprint density at radius 1 is 1.56 bits per heavy atom. The van der Waals surface area contributed by atoms with Crippen molar-refractivity contribution in [1.29, 1.82) is 0 Å². The van der Waals surface area contributed by atoms with E-state index in [-0.39, 0.29) is 17.4 Å². The topological polar surface area (TPSA) is 46.3 Å². The number of hydrogen-bond donors (Lipinski definition) is 1. The van der Waals surface area contributed by atoms with Gasteiger partial charge in [0.2, 0.25) is 0 Å². The van der Waals surface area contributed by atoms with Crippen LogP contribution >= 0.6 is 12.2 Å². The molecule has 1 aromatic carbocycles. The molecule has 0 aliphatic heterocycles. The lowest BCUT2D eigenvalue weighted by molar-refractivity contribution is 0.0782. The molecule has 98 valence electrons. The lowest BCUT2D eigenvalue weighted by Gasteiger charge is -2.21. The standard InChI is InChI=1S/C13H17FN2OS/c1-8-5-4-6-10(11(8)14)13(17)16(3)7-9(2)12(15)18/h4-6,9H,7H2,1-3H3,(H2,15,18). The van der Waals surface area contributed by atoms with Crippen molar-refractivity contribution < 1.29 is 9.18 Å². The van der Waals surface area contributed by atoms with Gasteiger partial charge in [-0.1, -0.05) is 31.3 Å². The summed E-state index contributed by atoms with van der Waals surface area (Å²) in [4.78, 5) is 13.9. The summed E-state index contributed by atoms with van der Waals surface area (Å²) >= 11 is 4.85. The molecule has 1 rings (SSSR count). The Morgan fingerprint density at radius 2 is 2.17 bits per heavy atom. The second-order valence-electron chi connectivity index (χ2n) is 4.43. The Bertz CT molecular complexity index is 476. The maximum Gasteiger partial charge on any atom is 0.256 e. The van der Waals surface area contributed by atoms with Gasteiger partial charge in [-0.3, -0.25) is 4.79 Å². The van der Waals surface area contributed by atoms with Gasteiger partial charge in [-0.25, -0.2) is 4.39 Å². The highest BCUT2D eigenvalue weighted by atomic mass is 32.1. The minimum absolute atomic E-state index is 0.0765. The number of nitrogens with two attached hydrogens (primary N) is 1. The van der Waals surface area contributed by atoms with E-state index < -0.39 is 5.82 Å². The van der Waals surface area contributed by atoms with E-state index in [1.165, 1.54) is 11.0 Å². The molecule has 0 saturated heterocycles. The first-order chi connectivity index (χ1) is 8.34. The van der Waals surface area contributed by atoms with Crippen LogP contribution < -0.4 is 5.73 Å². The van der Waals surface area contributed by atoms with Crippen molar-refractivity contribution in [2.24, 2.45) is 11.7 Å². The number of benzene rings is 1. The molecule has 0 fully saturated rings. The van der Waals surface area contributed by atoms with Crippen LogP contribution in [-0.4, -0.2) is 29.4 Å². The van der Waals surface area contributed by atoms with Gasteiger partial charge in [-0.05, 0) is 18.6 Å². The van der Waals surface area contributed by atoms with E-state index in [0.29, 0.717) is 17.1 Å². The summed E-state index contributed by atoms with van der Waals surface area (Å²) in [5, 5.41) is 0. The van der Waals surface area contributed by atoms with Gasteiger partial charge in [0, 0.05) is 19.5 Å². The molecule has 0 aliphatic rings. The second-order valence-corrected chi connectivity index (χ2v) is 4.90. The molecule has 18 heavy (non-hydrogen) atoms. The fourth-order valence-corrected chi connectivity index (χ4v) is 1.68. The van der Waals surface area contributed by atoms with E-state index in [9.17, 15) is 9.18 Å². The van der Waals surface area contributed by atoms with E-state index in [1.54, 1.807) is 26.1 Å². The largest absolute Gasteiger partial charge is 0.393 e. The minimum Gasteiger partial charge on any atom is -0.393 e. The molecule has 1 amide bonds. The van der Waals surface area contributed by atoms with Crippen molar-refractivity contribution in [3.8, 4) is 0 Å². The number of carbonyl (C=O) groups excluding carboxylic acids is 1. The van der Waals surface area contributed by atoms with Crippen LogP contribution in [0.1, 0.15) is 22.8 Å². The number of rotatable bonds is 4. The summed E-state index contributed by atoms with van der Waals surface area (Å²) in [7, 11) is 1.61. The quantitative estimate of drug-likeness (QED) is 0.851. The van der Waals surface area contributed by atoms with E-state index in [4.69, 9.17) is 18.0 Å². The van der Waals surface area contributed by atoms with Gasteiger partial charge < -0.3 is 10.6 Å². The van der Waals surface area contributed by atoms with E-state index in [1.807, 2.05) is 6.92 Å². The molecule has 2 N–H and O–H groups in total. The average Bonchev–Trinajstić information content (AvgIpc) is 2.31. The molecule has 0 aliphatic carbocycles. The Hall–Kier alpha value is -1.49. The molecule has 0 heterocycles. The third-order valence-electron chi connectivity index (χ3n) is 2.80. The molecule has 1 aromatic rings. The van der Waals surface area contributed by atoms with E-state index in [0.717, 1.165) is 0 Å². The molecular formula is C13H17FN2OS. The average molecular weight is 268 g/mol. The lowest BCUT2D eigenvalue weighted by atomic mass is 10.1. The molecular weight excluding hydrogens is 251 g/mol. The molecule has 0 spiro atoms. The van der Waals surface area contributed by atoms with Crippen LogP contribution in [0.15, 0.2) is 18.2 Å². The van der Waals surface area contributed by atoms with Crippen molar-refractivity contribution in [3.05, 3.63) is 35.1 Å². The number of thiocarbonyl (C=S) groups is 1. The van der Waals surface area contributed by atoms with Crippen molar-refractivity contribution in [3.63, 3.8) is 0 Å². The molecule has 0 bridgehead atoms. The van der Waals surface area contributed by atoms with Gasteiger partial charge in [0.05, 0.1) is 10.6 Å². The van der Waals surface area contributed by atoms with Crippen LogP contribution in [-0.2, 0) is 0 Å². The maximum atomic E-state index is 13.8. The van der Waals surface area contributed by atoms with Crippen LogP contribution in [0, 0.1) is 18.7 Å². The fraction of sp³-hybridized carbons (Fsp3) is 0.385. The summed E-state index contributed by atoms with van der Waals surface area (Å²) in [6.07, 6.45) is 0. The van der Waals surface area contributed by atoms with Crippen LogP contribution in [0.25, 0.3) is 0 Å². The van der Waals surface area contributed by atoms with Gasteiger partial charge in [0.15, 0.2) is 0 Å². The zero-order valence-corrected chi connectivity index (χ0v) is 11.6. The van der Waals surface area contributed by atoms with Crippen molar-refractivity contribution in [1.82, 2.24) is 4.90 Å². The van der Waals surface area contributed by atoms with Crippen LogP contribution in [0.2, 0.25) is 0 Å². The van der Waals surface area contributed by atoms with Crippen molar-refractivity contribution >= 4 is 23.1 Å². The Balaban J connectivity index is 2.87. The number of carbonyl (C=O) groups is 1. The van der Waals surface area contributed by atoms with Gasteiger partial charge in [-0.2, -0.15) is 0 Å². The highest BCUT2D eigenvalue weighted by Gasteiger charge is 2.19. The molecule has 1 atom stereocenters. The third-order valence-corrected chi connectivity index (χ3v) is 3.20. The maximum absolute atomic E-state index is 13.8. The smallest absolute Gasteiger partial charge is 0.256 e. The van der Waals surface area contributed by atoms with Crippen molar-refractivity contribution in [2.75, 3.05) is 13.6 Å². The first-order valence-corrected chi connectivity index (χ1v) is 6.05. The molecule has 0 saturated carbocycles. The molecule has 0 aromatic heterocycles. The highest BCUT2D eigenvalue weighted by Crippen LogP contribution is 2.14. The number of aryl methyl sites for hydroxylation is 1. The SMILES string of the molecule is Cc1cccc(C(=O)N(C)CC(C)C(N)=S)c1F.